The molecule has 1 aromatic carbocycles. The van der Waals surface area contributed by atoms with Crippen LogP contribution in [0, 0.1) is 0 Å². The second kappa shape index (κ2) is 7.45. The molecule has 0 saturated heterocycles. The first-order chi connectivity index (χ1) is 7.63. The predicted molar refractivity (Wildman–Crippen MR) is 64.1 cm³/mol. The molecule has 4 nitrogen and oxygen atoms in total. The van der Waals surface area contributed by atoms with Crippen LogP contribution in [0.5, 0.6) is 0 Å². The van der Waals surface area contributed by atoms with Crippen LogP contribution in [0.1, 0.15) is 24.2 Å². The molecule has 16 heavy (non-hydrogen) atoms. The van der Waals surface area contributed by atoms with Crippen molar-refractivity contribution in [1.82, 2.24) is 0 Å². The van der Waals surface area contributed by atoms with E-state index in [1.165, 1.54) is 0 Å². The highest BCUT2D eigenvalue weighted by Gasteiger charge is 2.04. The van der Waals surface area contributed by atoms with Gasteiger partial charge in [-0.05, 0) is 24.3 Å². The third-order valence-electron chi connectivity index (χ3n) is 1.84. The molecule has 1 aromatic rings. The van der Waals surface area contributed by atoms with Crippen molar-refractivity contribution in [2.75, 3.05) is 18.5 Å². The summed E-state index contributed by atoms with van der Waals surface area (Å²) in [6.45, 7) is 3.94. The summed E-state index contributed by atoms with van der Waals surface area (Å²) in [7, 11) is 1.68. The van der Waals surface area contributed by atoms with Gasteiger partial charge in [0.25, 0.3) is 0 Å². The number of carbonyl (C=O) groups is 2. The minimum Gasteiger partial charge on any atom is -0.480 e. The Morgan fingerprint density at radius 1 is 1.31 bits per heavy atom. The van der Waals surface area contributed by atoms with E-state index in [4.69, 9.17) is 5.11 Å². The molecule has 0 aromatic heterocycles. The lowest BCUT2D eigenvalue weighted by Gasteiger charge is -2.16. The molecule has 4 heteroatoms. The Balaban J connectivity index is 0.00000106. The Kier molecular flexibility index (Phi) is 6.59. The molecule has 0 radical (unpaired) electrons. The van der Waals surface area contributed by atoms with Gasteiger partial charge in [-0.3, -0.25) is 9.59 Å². The van der Waals surface area contributed by atoms with Crippen molar-refractivity contribution in [1.29, 1.82) is 0 Å². The van der Waals surface area contributed by atoms with Crippen molar-refractivity contribution in [3.8, 4) is 0 Å². The van der Waals surface area contributed by atoms with Crippen LogP contribution >= 0.6 is 0 Å². The Bertz CT molecular complexity index is 333. The number of nitrogens with zero attached hydrogens (tertiary/aromatic N) is 1. The van der Waals surface area contributed by atoms with Crippen molar-refractivity contribution in [2.45, 2.75) is 13.8 Å². The lowest BCUT2D eigenvalue weighted by atomic mass is 10.2. The summed E-state index contributed by atoms with van der Waals surface area (Å²) in [5, 5.41) is 8.55. The first kappa shape index (κ1) is 14.2. The molecule has 0 aliphatic carbocycles. The van der Waals surface area contributed by atoms with Gasteiger partial charge in [0, 0.05) is 18.3 Å². The first-order valence-corrected chi connectivity index (χ1v) is 5.11. The monoisotopic (exact) mass is 223 g/mol. The Morgan fingerprint density at radius 3 is 2.19 bits per heavy atom. The van der Waals surface area contributed by atoms with Gasteiger partial charge >= 0.3 is 5.97 Å². The Hall–Kier alpha value is -1.84. The van der Waals surface area contributed by atoms with Crippen LogP contribution in [0.4, 0.5) is 5.69 Å². The lowest BCUT2D eigenvalue weighted by Crippen LogP contribution is -2.24. The highest BCUT2D eigenvalue weighted by atomic mass is 16.4. The third-order valence-corrected chi connectivity index (χ3v) is 1.84. The van der Waals surface area contributed by atoms with Gasteiger partial charge in [0.05, 0.1) is 0 Å². The number of aliphatic carboxylic acids is 1. The summed E-state index contributed by atoms with van der Waals surface area (Å²) >= 11 is 0. The maximum atomic E-state index is 10.4. The fourth-order valence-electron chi connectivity index (χ4n) is 1.10. The molecule has 0 bridgehead atoms. The highest BCUT2D eigenvalue weighted by molar-refractivity contribution is 5.77. The van der Waals surface area contributed by atoms with Crippen LogP contribution in [0.15, 0.2) is 24.3 Å². The van der Waals surface area contributed by atoms with E-state index < -0.39 is 5.97 Å². The fourth-order valence-corrected chi connectivity index (χ4v) is 1.10. The molecule has 0 amide bonds. The number of likely N-dealkylation sites (N-methyl/N-ethyl adjacent to an activating group) is 1. The fraction of sp³-hybridized carbons (Fsp3) is 0.333. The van der Waals surface area contributed by atoms with Crippen LogP contribution in [-0.4, -0.2) is 31.0 Å². The number of aldehydes is 1. The van der Waals surface area contributed by atoms with Crippen LogP contribution in [-0.2, 0) is 4.79 Å². The minimum atomic E-state index is -0.882. The Labute approximate surface area is 95.5 Å². The number of benzene rings is 1. The van der Waals surface area contributed by atoms with Crippen molar-refractivity contribution in [2.24, 2.45) is 0 Å². The molecule has 88 valence electrons. The first-order valence-electron chi connectivity index (χ1n) is 5.11. The average molecular weight is 223 g/mol. The second-order valence-electron chi connectivity index (χ2n) is 2.96. The smallest absolute Gasteiger partial charge is 0.323 e. The number of carboxylic acid groups (broad SMARTS) is 1. The van der Waals surface area contributed by atoms with Crippen LogP contribution in [0.3, 0.4) is 0 Å². The maximum absolute atomic E-state index is 10.4. The van der Waals surface area contributed by atoms with E-state index in [2.05, 4.69) is 0 Å². The molecule has 0 aliphatic heterocycles. The average Bonchev–Trinajstić information content (AvgIpc) is 2.31. The van der Waals surface area contributed by atoms with Gasteiger partial charge in [-0.25, -0.2) is 0 Å². The van der Waals surface area contributed by atoms with Gasteiger partial charge in [-0.1, -0.05) is 13.8 Å². The molecular weight excluding hydrogens is 206 g/mol. The molecule has 0 heterocycles. The summed E-state index contributed by atoms with van der Waals surface area (Å²) < 4.78 is 0. The van der Waals surface area contributed by atoms with E-state index in [1.807, 2.05) is 13.8 Å². The van der Waals surface area contributed by atoms with E-state index >= 15 is 0 Å². The summed E-state index contributed by atoms with van der Waals surface area (Å²) in [4.78, 5) is 22.4. The van der Waals surface area contributed by atoms with E-state index in [0.717, 1.165) is 12.0 Å². The van der Waals surface area contributed by atoms with Gasteiger partial charge in [0.1, 0.15) is 12.8 Å². The van der Waals surface area contributed by atoms with Crippen LogP contribution < -0.4 is 4.90 Å². The summed E-state index contributed by atoms with van der Waals surface area (Å²) in [6.07, 6.45) is 0.751. The molecule has 1 rings (SSSR count). The maximum Gasteiger partial charge on any atom is 0.323 e. The van der Waals surface area contributed by atoms with Crippen molar-refractivity contribution < 1.29 is 14.7 Å². The van der Waals surface area contributed by atoms with E-state index in [1.54, 1.807) is 36.2 Å². The molecule has 0 spiro atoms. The molecular formula is C12H17NO3. The Morgan fingerprint density at radius 2 is 1.81 bits per heavy atom. The molecule has 0 saturated carbocycles. The van der Waals surface area contributed by atoms with E-state index in [0.29, 0.717) is 5.56 Å². The van der Waals surface area contributed by atoms with Gasteiger partial charge in [0.2, 0.25) is 0 Å². The van der Waals surface area contributed by atoms with Crippen molar-refractivity contribution in [3.05, 3.63) is 29.8 Å². The molecule has 0 aliphatic rings. The molecule has 0 unspecified atom stereocenters. The van der Waals surface area contributed by atoms with Crippen molar-refractivity contribution >= 4 is 17.9 Å². The number of carbonyl (C=O) groups excluding carboxylic acids is 1. The lowest BCUT2D eigenvalue weighted by molar-refractivity contribution is -0.135. The van der Waals surface area contributed by atoms with Gasteiger partial charge in [-0.15, -0.1) is 0 Å². The van der Waals surface area contributed by atoms with E-state index in [9.17, 15) is 9.59 Å². The van der Waals surface area contributed by atoms with Crippen LogP contribution in [0.25, 0.3) is 0 Å². The number of anilines is 1. The zero-order valence-corrected chi connectivity index (χ0v) is 9.80. The second-order valence-corrected chi connectivity index (χ2v) is 2.96. The SMILES string of the molecule is CC.CN(CC(=O)O)c1ccc(C=O)cc1. The van der Waals surface area contributed by atoms with Gasteiger partial charge in [-0.2, -0.15) is 0 Å². The standard InChI is InChI=1S/C10H11NO3.C2H6/c1-11(6-10(13)14)9-4-2-8(7-12)3-5-9;1-2/h2-5,7H,6H2,1H3,(H,13,14);1-2H3. The topological polar surface area (TPSA) is 57.6 Å². The van der Waals surface area contributed by atoms with Crippen LogP contribution in [0.2, 0.25) is 0 Å². The van der Waals surface area contributed by atoms with E-state index in [-0.39, 0.29) is 6.54 Å². The minimum absolute atomic E-state index is 0.0551. The zero-order chi connectivity index (χ0) is 12.6. The predicted octanol–water partition coefficient (Wildman–Crippen LogP) is 2.05. The molecule has 1 N–H and O–H groups in total. The zero-order valence-electron chi connectivity index (χ0n) is 9.80. The third kappa shape index (κ3) is 4.59. The molecule has 0 fully saturated rings. The number of carboxylic acids is 1. The quantitative estimate of drug-likeness (QED) is 0.794. The number of rotatable bonds is 4. The van der Waals surface area contributed by atoms with Crippen molar-refractivity contribution in [3.63, 3.8) is 0 Å². The normalized spacial score (nSPS) is 8.69. The summed E-state index contributed by atoms with van der Waals surface area (Å²) in [5.41, 5.74) is 1.36. The number of hydrogen-bond acceptors (Lipinski definition) is 3. The van der Waals surface area contributed by atoms with Gasteiger partial charge < -0.3 is 10.0 Å². The summed E-state index contributed by atoms with van der Waals surface area (Å²) in [6, 6.07) is 6.74. The summed E-state index contributed by atoms with van der Waals surface area (Å²) in [5.74, 6) is -0.882. The highest BCUT2D eigenvalue weighted by Crippen LogP contribution is 2.12. The molecule has 0 atom stereocenters. The van der Waals surface area contributed by atoms with Gasteiger partial charge in [0.15, 0.2) is 0 Å². The number of hydrogen-bond donors (Lipinski definition) is 1. The largest absolute Gasteiger partial charge is 0.480 e.